The minimum absolute atomic E-state index is 0.227. The molecule has 1 heterocycles. The topological polar surface area (TPSA) is 34.1 Å². The van der Waals surface area contributed by atoms with E-state index in [1.165, 1.54) is 29.5 Å². The summed E-state index contributed by atoms with van der Waals surface area (Å²) in [6.45, 7) is 3.59. The summed E-state index contributed by atoms with van der Waals surface area (Å²) in [6.07, 6.45) is 5.56. The van der Waals surface area contributed by atoms with Crippen LogP contribution in [0.1, 0.15) is 42.6 Å². The highest BCUT2D eigenvalue weighted by Gasteiger charge is 2.20. The van der Waals surface area contributed by atoms with E-state index in [-0.39, 0.29) is 6.10 Å². The Kier molecular flexibility index (Phi) is 4.51. The number of nitrogens with zero attached hydrogens (tertiary/aromatic N) is 1. The van der Waals surface area contributed by atoms with E-state index in [1.54, 1.807) is 0 Å². The molecule has 1 aromatic heterocycles. The molecule has 3 rings (SSSR count). The molecule has 0 radical (unpaired) electrons. The quantitative estimate of drug-likeness (QED) is 0.896. The molecule has 0 fully saturated rings. The molecule has 1 aromatic carbocycles. The van der Waals surface area contributed by atoms with Crippen molar-refractivity contribution in [1.29, 1.82) is 0 Å². The summed E-state index contributed by atoms with van der Waals surface area (Å²) < 4.78 is 6.17. The highest BCUT2D eigenvalue weighted by Crippen LogP contribution is 2.32. The monoisotopic (exact) mass is 282 g/mol. The van der Waals surface area contributed by atoms with Crippen LogP contribution in [0.5, 0.6) is 0 Å². The molecule has 1 aliphatic rings. The van der Waals surface area contributed by atoms with Gasteiger partial charge in [0.25, 0.3) is 0 Å². The molecule has 0 amide bonds. The lowest BCUT2D eigenvalue weighted by Gasteiger charge is -2.25. The van der Waals surface area contributed by atoms with Crippen molar-refractivity contribution in [1.82, 2.24) is 4.98 Å². The van der Waals surface area contributed by atoms with Crippen molar-refractivity contribution in [2.75, 3.05) is 11.9 Å². The zero-order chi connectivity index (χ0) is 14.5. The Bertz CT molecular complexity index is 597. The van der Waals surface area contributed by atoms with Crippen LogP contribution in [0.15, 0.2) is 42.6 Å². The van der Waals surface area contributed by atoms with Gasteiger partial charge in [0, 0.05) is 12.7 Å². The molecule has 0 saturated carbocycles. The molecule has 110 valence electrons. The number of pyridine rings is 1. The van der Waals surface area contributed by atoms with Crippen LogP contribution in [0.25, 0.3) is 0 Å². The minimum Gasteiger partial charge on any atom is -0.370 e. The lowest BCUT2D eigenvalue weighted by molar-refractivity contribution is 0.0282. The first-order valence-electron chi connectivity index (χ1n) is 7.75. The van der Waals surface area contributed by atoms with Gasteiger partial charge in [-0.05, 0) is 55.0 Å². The number of anilines is 1. The fourth-order valence-corrected chi connectivity index (χ4v) is 2.92. The van der Waals surface area contributed by atoms with Crippen LogP contribution in [0.3, 0.4) is 0 Å². The number of aromatic nitrogens is 1. The second-order valence-electron chi connectivity index (χ2n) is 5.47. The van der Waals surface area contributed by atoms with Crippen molar-refractivity contribution in [2.45, 2.75) is 38.9 Å². The predicted molar refractivity (Wildman–Crippen MR) is 85.3 cm³/mol. The molecule has 3 nitrogen and oxygen atoms in total. The van der Waals surface area contributed by atoms with Gasteiger partial charge in [0.2, 0.25) is 0 Å². The molecule has 3 heteroatoms. The minimum atomic E-state index is 0.227. The maximum atomic E-state index is 6.17. The number of aryl methyl sites for hydroxylation is 1. The maximum Gasteiger partial charge on any atom is 0.126 e. The molecule has 1 aliphatic carbocycles. The molecule has 0 saturated heterocycles. The van der Waals surface area contributed by atoms with E-state index in [2.05, 4.69) is 47.6 Å². The van der Waals surface area contributed by atoms with Crippen LogP contribution in [-0.2, 0) is 17.8 Å². The van der Waals surface area contributed by atoms with Crippen LogP contribution in [0.4, 0.5) is 5.82 Å². The summed E-state index contributed by atoms with van der Waals surface area (Å²) in [4.78, 5) is 4.29. The highest BCUT2D eigenvalue weighted by atomic mass is 16.5. The number of ether oxygens (including phenoxy) is 1. The number of hydrogen-bond donors (Lipinski definition) is 1. The Morgan fingerprint density at radius 1 is 1.29 bits per heavy atom. The number of benzene rings is 1. The third kappa shape index (κ3) is 3.42. The fourth-order valence-electron chi connectivity index (χ4n) is 2.92. The van der Waals surface area contributed by atoms with Gasteiger partial charge in [0.1, 0.15) is 5.82 Å². The highest BCUT2D eigenvalue weighted by molar-refractivity contribution is 5.37. The SMILES string of the molecule is CCNc1cc(COC2CCCc3ccccc32)ccn1. The third-order valence-corrected chi connectivity index (χ3v) is 3.95. The van der Waals surface area contributed by atoms with Gasteiger partial charge in [-0.15, -0.1) is 0 Å². The second-order valence-corrected chi connectivity index (χ2v) is 5.47. The largest absolute Gasteiger partial charge is 0.370 e. The van der Waals surface area contributed by atoms with E-state index in [4.69, 9.17) is 4.74 Å². The Hall–Kier alpha value is -1.87. The average Bonchev–Trinajstić information content (AvgIpc) is 2.53. The zero-order valence-corrected chi connectivity index (χ0v) is 12.5. The van der Waals surface area contributed by atoms with Gasteiger partial charge in [-0.1, -0.05) is 24.3 Å². The summed E-state index contributed by atoms with van der Waals surface area (Å²) >= 11 is 0. The van der Waals surface area contributed by atoms with E-state index < -0.39 is 0 Å². The van der Waals surface area contributed by atoms with E-state index >= 15 is 0 Å². The van der Waals surface area contributed by atoms with Gasteiger partial charge in [-0.3, -0.25) is 0 Å². The first-order chi connectivity index (χ1) is 10.4. The van der Waals surface area contributed by atoms with Crippen LogP contribution >= 0.6 is 0 Å². The average molecular weight is 282 g/mol. The van der Waals surface area contributed by atoms with Gasteiger partial charge < -0.3 is 10.1 Å². The number of nitrogens with one attached hydrogen (secondary N) is 1. The van der Waals surface area contributed by atoms with Crippen molar-refractivity contribution >= 4 is 5.82 Å². The van der Waals surface area contributed by atoms with Crippen molar-refractivity contribution in [3.05, 3.63) is 59.3 Å². The molecule has 21 heavy (non-hydrogen) atoms. The van der Waals surface area contributed by atoms with E-state index in [0.717, 1.165) is 18.8 Å². The molecule has 0 spiro atoms. The summed E-state index contributed by atoms with van der Waals surface area (Å²) in [5.41, 5.74) is 3.98. The Morgan fingerprint density at radius 3 is 3.10 bits per heavy atom. The van der Waals surface area contributed by atoms with Crippen molar-refractivity contribution in [2.24, 2.45) is 0 Å². The van der Waals surface area contributed by atoms with E-state index in [9.17, 15) is 0 Å². The van der Waals surface area contributed by atoms with Gasteiger partial charge >= 0.3 is 0 Å². The normalized spacial score (nSPS) is 17.3. The van der Waals surface area contributed by atoms with E-state index in [1.807, 2.05) is 12.3 Å². The standard InChI is InChI=1S/C18H22N2O/c1-2-19-18-12-14(10-11-20-18)13-21-17-9-5-7-15-6-3-4-8-16(15)17/h3-4,6,8,10-12,17H,2,5,7,9,13H2,1H3,(H,19,20). The molecule has 0 aliphatic heterocycles. The van der Waals surface area contributed by atoms with E-state index in [0.29, 0.717) is 6.61 Å². The second kappa shape index (κ2) is 6.72. The lowest BCUT2D eigenvalue weighted by atomic mass is 9.89. The summed E-state index contributed by atoms with van der Waals surface area (Å²) in [5.74, 6) is 0.919. The smallest absolute Gasteiger partial charge is 0.126 e. The van der Waals surface area contributed by atoms with Crippen molar-refractivity contribution in [3.63, 3.8) is 0 Å². The molecule has 1 atom stereocenters. The Morgan fingerprint density at radius 2 is 2.19 bits per heavy atom. The van der Waals surface area contributed by atoms with Gasteiger partial charge in [0.15, 0.2) is 0 Å². The third-order valence-electron chi connectivity index (χ3n) is 3.95. The van der Waals surface area contributed by atoms with Crippen LogP contribution in [0, 0.1) is 0 Å². The molecule has 0 bridgehead atoms. The number of fused-ring (bicyclic) bond motifs is 1. The first kappa shape index (κ1) is 14.1. The first-order valence-corrected chi connectivity index (χ1v) is 7.75. The van der Waals surface area contributed by atoms with Gasteiger partial charge in [0.05, 0.1) is 12.7 Å². The number of hydrogen-bond acceptors (Lipinski definition) is 3. The van der Waals surface area contributed by atoms with Gasteiger partial charge in [-0.25, -0.2) is 4.98 Å². The summed E-state index contributed by atoms with van der Waals surface area (Å²) in [6, 6.07) is 12.7. The Labute approximate surface area is 126 Å². The molecule has 1 N–H and O–H groups in total. The molecular formula is C18H22N2O. The summed E-state index contributed by atoms with van der Waals surface area (Å²) in [5, 5.41) is 3.23. The van der Waals surface area contributed by atoms with Gasteiger partial charge in [-0.2, -0.15) is 0 Å². The molecule has 2 aromatic rings. The van der Waals surface area contributed by atoms with Crippen molar-refractivity contribution in [3.8, 4) is 0 Å². The fraction of sp³-hybridized carbons (Fsp3) is 0.389. The molecular weight excluding hydrogens is 260 g/mol. The van der Waals surface area contributed by atoms with Crippen LogP contribution < -0.4 is 5.32 Å². The predicted octanol–water partition coefficient (Wildman–Crippen LogP) is 4.11. The maximum absolute atomic E-state index is 6.17. The number of rotatable bonds is 5. The van der Waals surface area contributed by atoms with Crippen LogP contribution in [0.2, 0.25) is 0 Å². The van der Waals surface area contributed by atoms with Crippen LogP contribution in [-0.4, -0.2) is 11.5 Å². The Balaban J connectivity index is 1.67. The lowest BCUT2D eigenvalue weighted by Crippen LogP contribution is -2.12. The zero-order valence-electron chi connectivity index (χ0n) is 12.5. The molecule has 1 unspecified atom stereocenters. The van der Waals surface area contributed by atoms with Crippen molar-refractivity contribution < 1.29 is 4.74 Å². The summed E-state index contributed by atoms with van der Waals surface area (Å²) in [7, 11) is 0.